The second-order valence-corrected chi connectivity index (χ2v) is 6.32. The number of rotatable bonds is 2. The fourth-order valence-corrected chi connectivity index (χ4v) is 3.20. The SMILES string of the molecule is O=C1Nc2ccc(Cl)cc2S/C1=C\Nc1cccc(Cl)c1. The Bertz CT molecular complexity index is 746. The fourth-order valence-electron chi connectivity index (χ4n) is 1.85. The molecule has 21 heavy (non-hydrogen) atoms. The Balaban J connectivity index is 1.83. The Morgan fingerprint density at radius 1 is 1.10 bits per heavy atom. The molecule has 2 N–H and O–H groups in total. The van der Waals surface area contributed by atoms with Crippen LogP contribution in [0.2, 0.25) is 10.0 Å². The van der Waals surface area contributed by atoms with Gasteiger partial charge in [-0.2, -0.15) is 0 Å². The summed E-state index contributed by atoms with van der Waals surface area (Å²) in [6, 6.07) is 12.7. The largest absolute Gasteiger partial charge is 0.360 e. The van der Waals surface area contributed by atoms with Gasteiger partial charge in [-0.05, 0) is 36.4 Å². The summed E-state index contributed by atoms with van der Waals surface area (Å²) in [5, 5.41) is 7.18. The molecule has 1 heterocycles. The molecule has 0 radical (unpaired) electrons. The molecule has 3 nitrogen and oxygen atoms in total. The Morgan fingerprint density at radius 2 is 1.90 bits per heavy atom. The van der Waals surface area contributed by atoms with Crippen LogP contribution in [0.5, 0.6) is 0 Å². The predicted molar refractivity (Wildman–Crippen MR) is 89.1 cm³/mol. The number of fused-ring (bicyclic) bond motifs is 1. The van der Waals surface area contributed by atoms with E-state index in [-0.39, 0.29) is 5.91 Å². The number of thioether (sulfide) groups is 1. The number of hydrogen-bond acceptors (Lipinski definition) is 3. The maximum absolute atomic E-state index is 12.0. The van der Waals surface area contributed by atoms with Crippen molar-refractivity contribution in [1.29, 1.82) is 0 Å². The van der Waals surface area contributed by atoms with Crippen molar-refractivity contribution < 1.29 is 4.79 Å². The first-order chi connectivity index (χ1) is 10.1. The predicted octanol–water partition coefficient (Wildman–Crippen LogP) is 4.99. The van der Waals surface area contributed by atoms with E-state index in [0.717, 1.165) is 16.3 Å². The van der Waals surface area contributed by atoms with E-state index < -0.39 is 0 Å². The highest BCUT2D eigenvalue weighted by Gasteiger charge is 2.21. The quantitative estimate of drug-likeness (QED) is 0.759. The molecule has 1 amide bonds. The third-order valence-corrected chi connectivity index (χ3v) is 4.38. The van der Waals surface area contributed by atoms with Gasteiger partial charge in [0, 0.05) is 26.8 Å². The lowest BCUT2D eigenvalue weighted by molar-refractivity contribution is -0.112. The molecule has 0 saturated carbocycles. The Kier molecular flexibility index (Phi) is 4.10. The number of hydrogen-bond donors (Lipinski definition) is 2. The normalized spacial score (nSPS) is 15.5. The first-order valence-corrected chi connectivity index (χ1v) is 7.70. The lowest BCUT2D eigenvalue weighted by atomic mass is 10.3. The molecule has 0 unspecified atom stereocenters. The van der Waals surface area contributed by atoms with Gasteiger partial charge in [-0.1, -0.05) is 41.0 Å². The molecule has 0 saturated heterocycles. The number of carbonyl (C=O) groups is 1. The molecule has 0 aliphatic carbocycles. The highest BCUT2D eigenvalue weighted by atomic mass is 35.5. The van der Waals surface area contributed by atoms with Crippen molar-refractivity contribution >= 4 is 52.2 Å². The number of benzene rings is 2. The average Bonchev–Trinajstić information content (AvgIpc) is 2.45. The monoisotopic (exact) mass is 336 g/mol. The van der Waals surface area contributed by atoms with Crippen molar-refractivity contribution in [2.45, 2.75) is 4.90 Å². The molecule has 3 rings (SSSR count). The maximum Gasteiger partial charge on any atom is 0.263 e. The van der Waals surface area contributed by atoms with E-state index in [1.54, 1.807) is 30.5 Å². The minimum absolute atomic E-state index is 0.149. The van der Waals surface area contributed by atoms with E-state index in [0.29, 0.717) is 15.0 Å². The smallest absolute Gasteiger partial charge is 0.263 e. The van der Waals surface area contributed by atoms with Crippen LogP contribution in [0, 0.1) is 0 Å². The first kappa shape index (κ1) is 14.3. The van der Waals surface area contributed by atoms with Crippen LogP contribution in [0.3, 0.4) is 0 Å². The summed E-state index contributed by atoms with van der Waals surface area (Å²) >= 11 is 13.3. The van der Waals surface area contributed by atoms with Crippen LogP contribution in [-0.2, 0) is 4.79 Å². The van der Waals surface area contributed by atoms with E-state index in [2.05, 4.69) is 10.6 Å². The minimum atomic E-state index is -0.149. The van der Waals surface area contributed by atoms with Gasteiger partial charge in [-0.3, -0.25) is 4.79 Å². The highest BCUT2D eigenvalue weighted by molar-refractivity contribution is 8.04. The van der Waals surface area contributed by atoms with Gasteiger partial charge < -0.3 is 10.6 Å². The molecule has 0 fully saturated rings. The van der Waals surface area contributed by atoms with Crippen LogP contribution >= 0.6 is 35.0 Å². The summed E-state index contributed by atoms with van der Waals surface area (Å²) in [5.41, 5.74) is 1.59. The summed E-state index contributed by atoms with van der Waals surface area (Å²) in [7, 11) is 0. The van der Waals surface area contributed by atoms with Crippen LogP contribution in [0.25, 0.3) is 0 Å². The van der Waals surface area contributed by atoms with Crippen molar-refractivity contribution in [2.24, 2.45) is 0 Å². The van der Waals surface area contributed by atoms with Crippen LogP contribution in [-0.4, -0.2) is 5.91 Å². The Morgan fingerprint density at radius 3 is 2.71 bits per heavy atom. The number of halogens is 2. The van der Waals surface area contributed by atoms with Crippen molar-refractivity contribution in [1.82, 2.24) is 0 Å². The Hall–Kier alpha value is -1.62. The second kappa shape index (κ2) is 6.02. The molecular weight excluding hydrogens is 327 g/mol. The van der Waals surface area contributed by atoms with E-state index >= 15 is 0 Å². The van der Waals surface area contributed by atoms with Gasteiger partial charge in [0.1, 0.15) is 0 Å². The third-order valence-electron chi connectivity index (χ3n) is 2.83. The van der Waals surface area contributed by atoms with Crippen LogP contribution in [0.4, 0.5) is 11.4 Å². The van der Waals surface area contributed by atoms with Crippen molar-refractivity contribution in [3.8, 4) is 0 Å². The first-order valence-electron chi connectivity index (χ1n) is 6.13. The lowest BCUT2D eigenvalue weighted by Crippen LogP contribution is -2.18. The van der Waals surface area contributed by atoms with Crippen molar-refractivity contribution in [3.05, 3.63) is 63.6 Å². The van der Waals surface area contributed by atoms with Gasteiger partial charge in [0.05, 0.1) is 10.6 Å². The summed E-state index contributed by atoms with van der Waals surface area (Å²) in [6.07, 6.45) is 1.66. The number of amides is 1. The molecule has 0 spiro atoms. The second-order valence-electron chi connectivity index (χ2n) is 4.36. The third kappa shape index (κ3) is 3.35. The minimum Gasteiger partial charge on any atom is -0.360 e. The number of nitrogens with one attached hydrogen (secondary N) is 2. The lowest BCUT2D eigenvalue weighted by Gasteiger charge is -2.18. The molecule has 106 valence electrons. The number of carbonyl (C=O) groups excluding carboxylic acids is 1. The molecule has 1 aliphatic rings. The van der Waals surface area contributed by atoms with Crippen molar-refractivity contribution in [3.63, 3.8) is 0 Å². The van der Waals surface area contributed by atoms with Crippen LogP contribution in [0.1, 0.15) is 0 Å². The molecule has 1 aliphatic heterocycles. The topological polar surface area (TPSA) is 41.1 Å². The molecule has 6 heteroatoms. The van der Waals surface area contributed by atoms with Gasteiger partial charge in [-0.15, -0.1) is 0 Å². The average molecular weight is 337 g/mol. The zero-order chi connectivity index (χ0) is 14.8. The standard InChI is InChI=1S/C15H10Cl2N2OS/c16-9-2-1-3-11(6-9)18-8-14-15(20)19-12-5-4-10(17)7-13(12)21-14/h1-8,18H,(H,19,20)/b14-8-. The summed E-state index contributed by atoms with van der Waals surface area (Å²) in [5.74, 6) is -0.149. The van der Waals surface area contributed by atoms with E-state index in [4.69, 9.17) is 23.2 Å². The van der Waals surface area contributed by atoms with Crippen LogP contribution < -0.4 is 10.6 Å². The van der Waals surface area contributed by atoms with E-state index in [1.165, 1.54) is 11.8 Å². The summed E-state index contributed by atoms with van der Waals surface area (Å²) in [4.78, 5) is 13.5. The van der Waals surface area contributed by atoms with Crippen molar-refractivity contribution in [2.75, 3.05) is 10.6 Å². The fraction of sp³-hybridized carbons (Fsp3) is 0. The van der Waals surface area contributed by atoms with Gasteiger partial charge >= 0.3 is 0 Å². The Labute approximate surface area is 136 Å². The van der Waals surface area contributed by atoms with Gasteiger partial charge in [0.15, 0.2) is 0 Å². The molecular formula is C15H10Cl2N2OS. The van der Waals surface area contributed by atoms with Crippen LogP contribution in [0.15, 0.2) is 58.5 Å². The number of anilines is 2. The van der Waals surface area contributed by atoms with Gasteiger partial charge in [-0.25, -0.2) is 0 Å². The molecule has 0 bridgehead atoms. The molecule has 0 aromatic heterocycles. The summed E-state index contributed by atoms with van der Waals surface area (Å²) < 4.78 is 0. The summed E-state index contributed by atoms with van der Waals surface area (Å²) in [6.45, 7) is 0. The van der Waals surface area contributed by atoms with Gasteiger partial charge in [0.25, 0.3) is 5.91 Å². The maximum atomic E-state index is 12.0. The van der Waals surface area contributed by atoms with E-state index in [1.807, 2.05) is 18.2 Å². The zero-order valence-electron chi connectivity index (χ0n) is 10.7. The molecule has 0 atom stereocenters. The molecule has 2 aromatic rings. The highest BCUT2D eigenvalue weighted by Crippen LogP contribution is 2.39. The molecule has 2 aromatic carbocycles. The zero-order valence-corrected chi connectivity index (χ0v) is 13.0. The van der Waals surface area contributed by atoms with Gasteiger partial charge in [0.2, 0.25) is 0 Å². The van der Waals surface area contributed by atoms with E-state index in [9.17, 15) is 4.79 Å².